The quantitative estimate of drug-likeness (QED) is 0.892. The number of rotatable bonds is 5. The molecule has 1 aliphatic heterocycles. The molecule has 2 aliphatic rings. The molecule has 104 valence electrons. The lowest BCUT2D eigenvalue weighted by molar-refractivity contribution is 0.231. The molecule has 1 aromatic rings. The number of hydrogen-bond acceptors (Lipinski definition) is 2. The Hall–Kier alpha value is -0.640. The van der Waals surface area contributed by atoms with Crippen LogP contribution in [0.2, 0.25) is 5.02 Å². The van der Waals surface area contributed by atoms with Crippen LogP contribution >= 0.6 is 11.6 Å². The molecule has 0 aromatic heterocycles. The normalized spacial score (nSPS) is 23.2. The molecule has 1 saturated heterocycles. The molecular weight excluding hydrogens is 263 g/mol. The number of benzene rings is 1. The summed E-state index contributed by atoms with van der Waals surface area (Å²) < 4.78 is 13.5. The SMILES string of the molecule is Fc1cccc(CN(CC2CCCN2)C2CC2)c1Cl. The highest BCUT2D eigenvalue weighted by Crippen LogP contribution is 2.31. The van der Waals surface area contributed by atoms with Crippen molar-refractivity contribution in [3.05, 3.63) is 34.6 Å². The lowest BCUT2D eigenvalue weighted by Gasteiger charge is -2.26. The minimum Gasteiger partial charge on any atom is -0.313 e. The van der Waals surface area contributed by atoms with E-state index in [0.717, 1.165) is 25.2 Å². The Labute approximate surface area is 118 Å². The minimum atomic E-state index is -0.311. The van der Waals surface area contributed by atoms with Crippen LogP contribution < -0.4 is 5.32 Å². The number of nitrogens with one attached hydrogen (secondary N) is 1. The van der Waals surface area contributed by atoms with Gasteiger partial charge in [-0.1, -0.05) is 23.7 Å². The van der Waals surface area contributed by atoms with E-state index >= 15 is 0 Å². The fourth-order valence-electron chi connectivity index (χ4n) is 2.87. The third kappa shape index (κ3) is 3.28. The molecule has 0 spiro atoms. The third-order valence-corrected chi connectivity index (χ3v) is 4.51. The van der Waals surface area contributed by atoms with E-state index in [1.807, 2.05) is 6.07 Å². The minimum absolute atomic E-state index is 0.285. The highest BCUT2D eigenvalue weighted by molar-refractivity contribution is 6.31. The first-order valence-electron chi connectivity index (χ1n) is 7.14. The summed E-state index contributed by atoms with van der Waals surface area (Å²) in [7, 11) is 0. The van der Waals surface area contributed by atoms with Gasteiger partial charge >= 0.3 is 0 Å². The van der Waals surface area contributed by atoms with Gasteiger partial charge in [-0.25, -0.2) is 4.39 Å². The van der Waals surface area contributed by atoms with Gasteiger partial charge in [-0.3, -0.25) is 4.90 Å². The van der Waals surface area contributed by atoms with Gasteiger partial charge in [0.05, 0.1) is 5.02 Å². The van der Waals surface area contributed by atoms with Crippen LogP contribution in [-0.4, -0.2) is 30.1 Å². The van der Waals surface area contributed by atoms with E-state index in [2.05, 4.69) is 10.2 Å². The third-order valence-electron chi connectivity index (χ3n) is 4.09. The van der Waals surface area contributed by atoms with E-state index in [9.17, 15) is 4.39 Å². The van der Waals surface area contributed by atoms with Gasteiger partial charge in [0.2, 0.25) is 0 Å². The van der Waals surface area contributed by atoms with Crippen LogP contribution in [0.1, 0.15) is 31.2 Å². The lowest BCUT2D eigenvalue weighted by atomic mass is 10.1. The van der Waals surface area contributed by atoms with Crippen molar-refractivity contribution >= 4 is 11.6 Å². The van der Waals surface area contributed by atoms with Crippen molar-refractivity contribution in [1.29, 1.82) is 0 Å². The predicted molar refractivity (Wildman–Crippen MR) is 75.9 cm³/mol. The van der Waals surface area contributed by atoms with E-state index in [-0.39, 0.29) is 10.8 Å². The van der Waals surface area contributed by atoms with E-state index in [1.54, 1.807) is 6.07 Å². The molecule has 1 saturated carbocycles. The largest absolute Gasteiger partial charge is 0.313 e. The van der Waals surface area contributed by atoms with Crippen LogP contribution in [-0.2, 0) is 6.54 Å². The molecule has 1 N–H and O–H groups in total. The maximum absolute atomic E-state index is 13.5. The standard InChI is InChI=1S/C15H20ClFN2/c16-15-11(3-1-5-14(15)17)9-19(13-6-7-13)10-12-4-2-8-18-12/h1,3,5,12-13,18H,2,4,6-10H2. The van der Waals surface area contributed by atoms with Crippen LogP contribution in [0.5, 0.6) is 0 Å². The van der Waals surface area contributed by atoms with Gasteiger partial charge in [-0.2, -0.15) is 0 Å². The fraction of sp³-hybridized carbons (Fsp3) is 0.600. The summed E-state index contributed by atoms with van der Waals surface area (Å²) in [5.41, 5.74) is 0.909. The Morgan fingerprint density at radius 2 is 2.16 bits per heavy atom. The average molecular weight is 283 g/mol. The summed E-state index contributed by atoms with van der Waals surface area (Å²) in [6, 6.07) is 6.36. The van der Waals surface area contributed by atoms with Gasteiger partial charge in [0.1, 0.15) is 5.82 Å². The van der Waals surface area contributed by atoms with Gasteiger partial charge in [-0.15, -0.1) is 0 Å². The van der Waals surface area contributed by atoms with Crippen LogP contribution in [0.3, 0.4) is 0 Å². The molecule has 1 aromatic carbocycles. The zero-order valence-electron chi connectivity index (χ0n) is 11.0. The molecule has 4 heteroatoms. The summed E-state index contributed by atoms with van der Waals surface area (Å²) >= 11 is 6.06. The molecule has 0 bridgehead atoms. The van der Waals surface area contributed by atoms with Gasteiger partial charge in [0, 0.05) is 25.2 Å². The Bertz CT molecular complexity index is 442. The van der Waals surface area contributed by atoms with Gasteiger partial charge in [0.25, 0.3) is 0 Å². The Kier molecular flexibility index (Phi) is 4.06. The average Bonchev–Trinajstić information content (AvgIpc) is 3.13. The molecule has 2 nitrogen and oxygen atoms in total. The molecule has 1 heterocycles. The molecule has 0 amide bonds. The fourth-order valence-corrected chi connectivity index (χ4v) is 3.05. The van der Waals surface area contributed by atoms with Gasteiger partial charge in [-0.05, 0) is 43.9 Å². The van der Waals surface area contributed by atoms with Crippen molar-refractivity contribution in [3.63, 3.8) is 0 Å². The van der Waals surface area contributed by atoms with Gasteiger partial charge in [0.15, 0.2) is 0 Å². The maximum atomic E-state index is 13.5. The monoisotopic (exact) mass is 282 g/mol. The lowest BCUT2D eigenvalue weighted by Crippen LogP contribution is -2.38. The molecule has 1 atom stereocenters. The molecule has 19 heavy (non-hydrogen) atoms. The molecule has 3 rings (SSSR count). The molecule has 1 unspecified atom stereocenters. The van der Waals surface area contributed by atoms with Crippen LogP contribution in [0.15, 0.2) is 18.2 Å². The van der Waals surface area contributed by atoms with Crippen molar-refractivity contribution in [2.24, 2.45) is 0 Å². The summed E-state index contributed by atoms with van der Waals surface area (Å²) in [6.07, 6.45) is 5.04. The number of halogens is 2. The second-order valence-corrected chi connectivity index (χ2v) is 6.04. The van der Waals surface area contributed by atoms with Crippen molar-refractivity contribution in [3.8, 4) is 0 Å². The van der Waals surface area contributed by atoms with E-state index in [0.29, 0.717) is 12.1 Å². The Balaban J connectivity index is 1.68. The molecular formula is C15H20ClFN2. The summed E-state index contributed by atoms with van der Waals surface area (Å²) in [6.45, 7) is 2.95. The Morgan fingerprint density at radius 1 is 1.32 bits per heavy atom. The van der Waals surface area contributed by atoms with Gasteiger partial charge < -0.3 is 5.32 Å². The Morgan fingerprint density at radius 3 is 2.84 bits per heavy atom. The van der Waals surface area contributed by atoms with E-state index in [1.165, 1.54) is 31.7 Å². The van der Waals surface area contributed by atoms with E-state index in [4.69, 9.17) is 11.6 Å². The van der Waals surface area contributed by atoms with Crippen LogP contribution in [0, 0.1) is 5.82 Å². The molecule has 0 radical (unpaired) electrons. The summed E-state index contributed by atoms with van der Waals surface area (Å²) in [4.78, 5) is 2.46. The molecule has 2 fully saturated rings. The first-order valence-corrected chi connectivity index (χ1v) is 7.52. The predicted octanol–water partition coefficient (Wildman–Crippen LogP) is 3.20. The highest BCUT2D eigenvalue weighted by Gasteiger charge is 2.31. The van der Waals surface area contributed by atoms with Crippen molar-refractivity contribution < 1.29 is 4.39 Å². The smallest absolute Gasteiger partial charge is 0.142 e. The zero-order chi connectivity index (χ0) is 13.2. The highest BCUT2D eigenvalue weighted by atomic mass is 35.5. The van der Waals surface area contributed by atoms with E-state index < -0.39 is 0 Å². The number of nitrogens with zero attached hydrogens (tertiary/aromatic N) is 1. The topological polar surface area (TPSA) is 15.3 Å². The van der Waals surface area contributed by atoms with Crippen LogP contribution in [0.4, 0.5) is 4.39 Å². The number of hydrogen-bond donors (Lipinski definition) is 1. The molecule has 1 aliphatic carbocycles. The second kappa shape index (κ2) is 5.78. The summed E-state index contributed by atoms with van der Waals surface area (Å²) in [5.74, 6) is -0.311. The van der Waals surface area contributed by atoms with Crippen LogP contribution in [0.25, 0.3) is 0 Å². The second-order valence-electron chi connectivity index (χ2n) is 5.67. The van der Waals surface area contributed by atoms with Crippen molar-refractivity contribution in [2.45, 2.75) is 44.3 Å². The summed E-state index contributed by atoms with van der Waals surface area (Å²) in [5, 5.41) is 3.82. The first-order chi connectivity index (χ1) is 9.24. The van der Waals surface area contributed by atoms with Crippen molar-refractivity contribution in [2.75, 3.05) is 13.1 Å². The first kappa shape index (κ1) is 13.3. The van der Waals surface area contributed by atoms with Crippen molar-refractivity contribution in [1.82, 2.24) is 10.2 Å². The zero-order valence-corrected chi connectivity index (χ0v) is 11.8. The maximum Gasteiger partial charge on any atom is 0.142 e.